The Bertz CT molecular complexity index is 1150. The van der Waals surface area contributed by atoms with Gasteiger partial charge in [0.15, 0.2) is 0 Å². The van der Waals surface area contributed by atoms with Gasteiger partial charge < -0.3 is 20.3 Å². The number of rotatable bonds is 63. The molecule has 1 amide bonds. The van der Waals surface area contributed by atoms with Crippen molar-refractivity contribution in [1.82, 2.24) is 5.32 Å². The minimum atomic E-state index is -0.658. The molecule has 0 aliphatic heterocycles. The highest BCUT2D eigenvalue weighted by molar-refractivity contribution is 5.76. The molecule has 438 valence electrons. The molecule has 0 bridgehead atoms. The first kappa shape index (κ1) is 72.3. The van der Waals surface area contributed by atoms with Crippen molar-refractivity contribution >= 4 is 11.9 Å². The second kappa shape index (κ2) is 63.9. The van der Waals surface area contributed by atoms with E-state index in [9.17, 15) is 19.8 Å². The number of nitrogens with one attached hydrogen (secondary N) is 1. The summed E-state index contributed by atoms with van der Waals surface area (Å²) < 4.78 is 5.49. The number of ether oxygens (including phenoxy) is 1. The largest absolute Gasteiger partial charge is 0.466 e. The summed E-state index contributed by atoms with van der Waals surface area (Å²) >= 11 is 0. The molecule has 3 N–H and O–H groups in total. The van der Waals surface area contributed by atoms with Crippen LogP contribution < -0.4 is 5.32 Å². The molecule has 0 spiro atoms. The lowest BCUT2D eigenvalue weighted by molar-refractivity contribution is -0.143. The number of hydrogen-bond acceptors (Lipinski definition) is 5. The van der Waals surface area contributed by atoms with Gasteiger partial charge in [-0.05, 0) is 57.8 Å². The normalized spacial score (nSPS) is 12.6. The Hall–Kier alpha value is -1.66. The van der Waals surface area contributed by atoms with Crippen LogP contribution in [0.25, 0.3) is 0 Å². The Kier molecular flexibility index (Phi) is 62.4. The monoisotopic (exact) mass is 1040 g/mol. The third-order valence-electron chi connectivity index (χ3n) is 15.8. The first-order chi connectivity index (χ1) is 36.5. The lowest BCUT2D eigenvalue weighted by Crippen LogP contribution is -2.45. The van der Waals surface area contributed by atoms with E-state index in [1.54, 1.807) is 0 Å². The number of allylic oxidation sites excluding steroid dienone is 4. The fourth-order valence-electron chi connectivity index (χ4n) is 10.6. The van der Waals surface area contributed by atoms with E-state index < -0.39 is 12.1 Å². The molecule has 0 fully saturated rings. The van der Waals surface area contributed by atoms with Gasteiger partial charge >= 0.3 is 5.97 Å². The third-order valence-corrected chi connectivity index (χ3v) is 15.8. The van der Waals surface area contributed by atoms with Gasteiger partial charge in [0.1, 0.15) is 0 Å². The quantitative estimate of drug-likeness (QED) is 0.0320. The highest BCUT2D eigenvalue weighted by atomic mass is 16.5. The van der Waals surface area contributed by atoms with E-state index in [0.29, 0.717) is 25.9 Å². The Balaban J connectivity index is 3.29. The number of esters is 1. The van der Waals surface area contributed by atoms with E-state index in [2.05, 4.69) is 43.5 Å². The van der Waals surface area contributed by atoms with Gasteiger partial charge in [-0.1, -0.05) is 327 Å². The van der Waals surface area contributed by atoms with E-state index in [-0.39, 0.29) is 18.5 Å². The summed E-state index contributed by atoms with van der Waals surface area (Å²) in [5.74, 6) is -0.0231. The fourth-order valence-corrected chi connectivity index (χ4v) is 10.6. The van der Waals surface area contributed by atoms with Crippen LogP contribution >= 0.6 is 0 Å². The van der Waals surface area contributed by atoms with Gasteiger partial charge in [0.05, 0.1) is 25.4 Å². The minimum Gasteiger partial charge on any atom is -0.466 e. The molecule has 0 saturated carbocycles. The van der Waals surface area contributed by atoms with Crippen LogP contribution in [0.1, 0.15) is 373 Å². The molecule has 2 atom stereocenters. The zero-order valence-corrected chi connectivity index (χ0v) is 50.1. The molecule has 0 aromatic rings. The Morgan fingerprint density at radius 1 is 0.378 bits per heavy atom. The maximum atomic E-state index is 12.4. The molecule has 2 unspecified atom stereocenters. The number of carbonyl (C=O) groups excluding carboxylic acids is 2. The van der Waals surface area contributed by atoms with E-state index in [0.717, 1.165) is 51.4 Å². The van der Waals surface area contributed by atoms with Gasteiger partial charge in [-0.2, -0.15) is 0 Å². The smallest absolute Gasteiger partial charge is 0.305 e. The van der Waals surface area contributed by atoms with Crippen molar-refractivity contribution in [1.29, 1.82) is 0 Å². The van der Waals surface area contributed by atoms with Gasteiger partial charge in [-0.25, -0.2) is 0 Å². The van der Waals surface area contributed by atoms with Crippen molar-refractivity contribution in [2.75, 3.05) is 13.2 Å². The standard InChI is InChI=1S/C68H131NO5/c1-3-5-7-9-11-13-15-16-35-39-42-46-50-54-58-62-68(73)74-63-59-55-51-47-43-40-37-34-32-30-28-26-24-22-20-18-17-19-21-23-25-27-29-31-33-36-38-41-45-49-53-57-61-67(72)69-65(64-70)66(71)60-56-52-48-44-14-12-10-8-6-4-2/h11,13,16,35,65-66,70-71H,3-10,12,14-15,17-34,36-64H2,1-2H3,(H,69,72)/b13-11-,35-16-. The van der Waals surface area contributed by atoms with Gasteiger partial charge in [-0.3, -0.25) is 9.59 Å². The van der Waals surface area contributed by atoms with Crippen LogP contribution in [-0.4, -0.2) is 47.4 Å². The molecule has 0 aliphatic rings. The van der Waals surface area contributed by atoms with Crippen molar-refractivity contribution in [3.05, 3.63) is 24.3 Å². The number of aliphatic hydroxyl groups excluding tert-OH is 2. The number of carbonyl (C=O) groups is 2. The molecule has 6 heteroatoms. The average molecular weight is 1040 g/mol. The van der Waals surface area contributed by atoms with E-state index in [1.807, 2.05) is 0 Å². The molecule has 6 nitrogen and oxygen atoms in total. The molecular formula is C68H131NO5. The van der Waals surface area contributed by atoms with Crippen molar-refractivity contribution in [2.24, 2.45) is 0 Å². The number of aliphatic hydroxyl groups is 2. The maximum Gasteiger partial charge on any atom is 0.305 e. The zero-order chi connectivity index (χ0) is 53.6. The van der Waals surface area contributed by atoms with Crippen LogP contribution in [-0.2, 0) is 14.3 Å². The van der Waals surface area contributed by atoms with E-state index in [1.165, 1.54) is 289 Å². The van der Waals surface area contributed by atoms with Crippen molar-refractivity contribution in [2.45, 2.75) is 386 Å². The lowest BCUT2D eigenvalue weighted by Gasteiger charge is -2.22. The highest BCUT2D eigenvalue weighted by Gasteiger charge is 2.20. The molecular weight excluding hydrogens is 911 g/mol. The minimum absolute atomic E-state index is 0.00745. The van der Waals surface area contributed by atoms with Gasteiger partial charge in [0, 0.05) is 12.8 Å². The summed E-state index contributed by atoms with van der Waals surface area (Å²) in [5, 5.41) is 23.2. The summed E-state index contributed by atoms with van der Waals surface area (Å²) in [6.07, 6.45) is 79.5. The van der Waals surface area contributed by atoms with E-state index >= 15 is 0 Å². The molecule has 0 aliphatic carbocycles. The summed E-state index contributed by atoms with van der Waals surface area (Å²) in [6.45, 7) is 4.93. The predicted octanol–water partition coefficient (Wildman–Crippen LogP) is 21.4. The Morgan fingerprint density at radius 2 is 0.676 bits per heavy atom. The lowest BCUT2D eigenvalue weighted by atomic mass is 10.0. The first-order valence-electron chi connectivity index (χ1n) is 33.6. The van der Waals surface area contributed by atoms with Crippen molar-refractivity contribution < 1.29 is 24.5 Å². The molecule has 0 saturated heterocycles. The third kappa shape index (κ3) is 59.6. The first-order valence-corrected chi connectivity index (χ1v) is 33.6. The highest BCUT2D eigenvalue weighted by Crippen LogP contribution is 2.19. The van der Waals surface area contributed by atoms with Gasteiger partial charge in [0.2, 0.25) is 5.91 Å². The zero-order valence-electron chi connectivity index (χ0n) is 50.1. The predicted molar refractivity (Wildman–Crippen MR) is 324 cm³/mol. The van der Waals surface area contributed by atoms with Gasteiger partial charge in [-0.15, -0.1) is 0 Å². The second-order valence-electron chi connectivity index (χ2n) is 23.2. The molecule has 74 heavy (non-hydrogen) atoms. The van der Waals surface area contributed by atoms with Gasteiger partial charge in [0.25, 0.3) is 0 Å². The van der Waals surface area contributed by atoms with Crippen molar-refractivity contribution in [3.8, 4) is 0 Å². The Morgan fingerprint density at radius 3 is 1.05 bits per heavy atom. The Labute approximate surface area is 462 Å². The summed E-state index contributed by atoms with van der Waals surface area (Å²) in [6, 6.07) is -0.536. The number of amides is 1. The summed E-state index contributed by atoms with van der Waals surface area (Å²) in [5.41, 5.74) is 0. The molecule has 0 radical (unpaired) electrons. The van der Waals surface area contributed by atoms with Crippen molar-refractivity contribution in [3.63, 3.8) is 0 Å². The topological polar surface area (TPSA) is 95.9 Å². The van der Waals surface area contributed by atoms with Crippen LogP contribution in [0.3, 0.4) is 0 Å². The molecule has 0 rings (SSSR count). The second-order valence-corrected chi connectivity index (χ2v) is 23.2. The van der Waals surface area contributed by atoms with E-state index in [4.69, 9.17) is 4.74 Å². The maximum absolute atomic E-state index is 12.4. The summed E-state index contributed by atoms with van der Waals surface area (Å²) in [4.78, 5) is 24.5. The average Bonchev–Trinajstić information content (AvgIpc) is 3.40. The van der Waals surface area contributed by atoms with Crippen LogP contribution in [0.4, 0.5) is 0 Å². The molecule has 0 aromatic carbocycles. The SMILES string of the molecule is CCCCC/C=C\C/C=C\CCCCCCCC(=O)OCCCCCCCCCCCCCCCCCCCCCCCCCCCCCCCCCCC(=O)NC(CO)C(O)CCCCCCCCCCCC. The molecule has 0 heterocycles. The molecule has 0 aromatic heterocycles. The number of unbranched alkanes of at least 4 members (excludes halogenated alkanes) is 48. The van der Waals surface area contributed by atoms with Crippen LogP contribution in [0, 0.1) is 0 Å². The summed E-state index contributed by atoms with van der Waals surface area (Å²) in [7, 11) is 0. The van der Waals surface area contributed by atoms with Crippen LogP contribution in [0.5, 0.6) is 0 Å². The number of hydrogen-bond donors (Lipinski definition) is 3. The van der Waals surface area contributed by atoms with Crippen LogP contribution in [0.15, 0.2) is 24.3 Å². The fraction of sp³-hybridized carbons (Fsp3) is 0.912. The van der Waals surface area contributed by atoms with Crippen LogP contribution in [0.2, 0.25) is 0 Å².